The predicted molar refractivity (Wildman–Crippen MR) is 134 cm³/mol. The SMILES string of the molecule is CC1C2CCC3C4CCC5CC(N(C)C(=O)c6ccccc6)CCC5(C)C4CCC32CN1C. The topological polar surface area (TPSA) is 23.6 Å². The number of rotatable bonds is 2. The van der Waals surface area contributed by atoms with E-state index in [9.17, 15) is 4.79 Å². The third kappa shape index (κ3) is 3.13. The molecule has 0 bridgehead atoms. The number of carbonyl (C=O) groups is 1. The number of likely N-dealkylation sites (tertiary alicyclic amines) is 1. The summed E-state index contributed by atoms with van der Waals surface area (Å²) in [7, 11) is 4.43. The molecular formula is C30H44N2O. The Bertz CT molecular complexity index is 900. The molecule has 1 aromatic carbocycles. The molecule has 1 aromatic rings. The van der Waals surface area contributed by atoms with Crippen molar-refractivity contribution in [3.05, 3.63) is 35.9 Å². The molecule has 1 amide bonds. The lowest BCUT2D eigenvalue weighted by Crippen LogP contribution is -2.56. The van der Waals surface area contributed by atoms with Crippen LogP contribution in [0.5, 0.6) is 0 Å². The minimum absolute atomic E-state index is 0.203. The van der Waals surface area contributed by atoms with Crippen LogP contribution in [0.4, 0.5) is 0 Å². The van der Waals surface area contributed by atoms with E-state index in [2.05, 4.69) is 37.7 Å². The van der Waals surface area contributed by atoms with E-state index in [1.807, 2.05) is 30.3 Å². The molecule has 3 nitrogen and oxygen atoms in total. The molecule has 5 fully saturated rings. The Morgan fingerprint density at radius 1 is 0.970 bits per heavy atom. The summed E-state index contributed by atoms with van der Waals surface area (Å²) >= 11 is 0. The highest BCUT2D eigenvalue weighted by atomic mass is 16.2. The van der Waals surface area contributed by atoms with Crippen LogP contribution in [0, 0.1) is 40.4 Å². The molecule has 6 rings (SSSR count). The Labute approximate surface area is 201 Å². The second kappa shape index (κ2) is 7.83. The first-order valence-electron chi connectivity index (χ1n) is 13.9. The second-order valence-corrected chi connectivity index (χ2v) is 13.0. The van der Waals surface area contributed by atoms with Gasteiger partial charge < -0.3 is 9.80 Å². The van der Waals surface area contributed by atoms with Crippen molar-refractivity contribution < 1.29 is 4.79 Å². The average Bonchev–Trinajstić information content (AvgIpc) is 3.31. The zero-order valence-corrected chi connectivity index (χ0v) is 21.3. The van der Waals surface area contributed by atoms with Crippen LogP contribution in [0.15, 0.2) is 30.3 Å². The van der Waals surface area contributed by atoms with Crippen LogP contribution in [0.25, 0.3) is 0 Å². The van der Waals surface area contributed by atoms with Gasteiger partial charge in [0.05, 0.1) is 0 Å². The molecule has 0 aromatic heterocycles. The van der Waals surface area contributed by atoms with Gasteiger partial charge in [0.1, 0.15) is 0 Å². The van der Waals surface area contributed by atoms with E-state index >= 15 is 0 Å². The van der Waals surface area contributed by atoms with Gasteiger partial charge in [0, 0.05) is 31.2 Å². The summed E-state index contributed by atoms with van der Waals surface area (Å²) in [5.41, 5.74) is 1.96. The van der Waals surface area contributed by atoms with Crippen molar-refractivity contribution in [1.82, 2.24) is 9.80 Å². The molecule has 3 heteroatoms. The first-order chi connectivity index (χ1) is 15.8. The molecule has 4 aliphatic carbocycles. The largest absolute Gasteiger partial charge is 0.339 e. The fourth-order valence-corrected chi connectivity index (χ4v) is 10.3. The van der Waals surface area contributed by atoms with E-state index in [4.69, 9.17) is 0 Å². The molecule has 9 atom stereocenters. The van der Waals surface area contributed by atoms with E-state index in [1.54, 1.807) is 0 Å². The number of carbonyl (C=O) groups excluding carboxylic acids is 1. The molecule has 1 aliphatic heterocycles. The third-order valence-electron chi connectivity index (χ3n) is 12.1. The van der Waals surface area contributed by atoms with Crippen LogP contribution in [0.3, 0.4) is 0 Å². The van der Waals surface area contributed by atoms with E-state index in [-0.39, 0.29) is 5.91 Å². The first kappa shape index (κ1) is 22.1. The van der Waals surface area contributed by atoms with Crippen LogP contribution >= 0.6 is 0 Å². The second-order valence-electron chi connectivity index (χ2n) is 13.0. The van der Waals surface area contributed by atoms with E-state index < -0.39 is 0 Å². The first-order valence-corrected chi connectivity index (χ1v) is 13.9. The van der Waals surface area contributed by atoms with Gasteiger partial charge in [-0.3, -0.25) is 4.79 Å². The molecule has 0 radical (unpaired) electrons. The van der Waals surface area contributed by atoms with E-state index in [0.717, 1.165) is 41.2 Å². The quantitative estimate of drug-likeness (QED) is 0.546. The van der Waals surface area contributed by atoms with Crippen LogP contribution in [0.1, 0.15) is 82.0 Å². The number of fused-ring (bicyclic) bond motifs is 4. The molecule has 1 saturated heterocycles. The normalized spacial score (nSPS) is 46.7. The van der Waals surface area contributed by atoms with Crippen LogP contribution < -0.4 is 0 Å². The Kier molecular flexibility index (Phi) is 5.25. The minimum atomic E-state index is 0.203. The van der Waals surface area contributed by atoms with Crippen molar-refractivity contribution >= 4 is 5.91 Å². The van der Waals surface area contributed by atoms with Gasteiger partial charge in [0.15, 0.2) is 0 Å². The molecule has 33 heavy (non-hydrogen) atoms. The highest BCUT2D eigenvalue weighted by molar-refractivity contribution is 5.94. The molecule has 9 unspecified atom stereocenters. The Morgan fingerprint density at radius 3 is 2.52 bits per heavy atom. The highest BCUT2D eigenvalue weighted by Gasteiger charge is 2.64. The van der Waals surface area contributed by atoms with Crippen molar-refractivity contribution in [1.29, 1.82) is 0 Å². The summed E-state index contributed by atoms with van der Waals surface area (Å²) in [5.74, 6) is 4.81. The fraction of sp³-hybridized carbons (Fsp3) is 0.767. The van der Waals surface area contributed by atoms with Gasteiger partial charge in [-0.05, 0) is 124 Å². The Balaban J connectivity index is 1.19. The lowest BCUT2D eigenvalue weighted by Gasteiger charge is -2.61. The Morgan fingerprint density at radius 2 is 1.73 bits per heavy atom. The van der Waals surface area contributed by atoms with Gasteiger partial charge in [-0.2, -0.15) is 0 Å². The van der Waals surface area contributed by atoms with Crippen molar-refractivity contribution in [3.63, 3.8) is 0 Å². The maximum atomic E-state index is 13.1. The van der Waals surface area contributed by atoms with Gasteiger partial charge in [-0.15, -0.1) is 0 Å². The summed E-state index contributed by atoms with van der Waals surface area (Å²) < 4.78 is 0. The molecule has 180 valence electrons. The van der Waals surface area contributed by atoms with Gasteiger partial charge in [0.25, 0.3) is 5.91 Å². The van der Waals surface area contributed by atoms with Gasteiger partial charge in [-0.1, -0.05) is 25.1 Å². The summed E-state index contributed by atoms with van der Waals surface area (Å²) in [6.07, 6.45) is 12.5. The standard InChI is InChI=1S/C30H44N2O/c1-20-25-12-13-27-24-11-10-22-18-23(32(4)28(33)21-8-6-5-7-9-21)14-16-29(22,2)26(24)15-17-30(25,27)19-31(20)3/h5-9,20,22-27H,10-19H2,1-4H3. The zero-order valence-electron chi connectivity index (χ0n) is 21.3. The van der Waals surface area contributed by atoms with Crippen molar-refractivity contribution in [2.45, 2.75) is 83.7 Å². The number of benzene rings is 1. The number of hydrogen-bond acceptors (Lipinski definition) is 2. The molecule has 1 heterocycles. The summed E-state index contributed by atoms with van der Waals surface area (Å²) in [5, 5.41) is 0. The molecular weight excluding hydrogens is 404 g/mol. The fourth-order valence-electron chi connectivity index (χ4n) is 10.3. The highest BCUT2D eigenvalue weighted by Crippen LogP contribution is 2.69. The number of amides is 1. The monoisotopic (exact) mass is 448 g/mol. The smallest absolute Gasteiger partial charge is 0.253 e. The maximum absolute atomic E-state index is 13.1. The molecule has 0 N–H and O–H groups in total. The van der Waals surface area contributed by atoms with E-state index in [0.29, 0.717) is 16.9 Å². The van der Waals surface area contributed by atoms with Crippen molar-refractivity contribution in [3.8, 4) is 0 Å². The van der Waals surface area contributed by atoms with E-state index in [1.165, 1.54) is 64.3 Å². The maximum Gasteiger partial charge on any atom is 0.253 e. The summed E-state index contributed by atoms with van der Waals surface area (Å²) in [6.45, 7) is 6.53. The van der Waals surface area contributed by atoms with Crippen molar-refractivity contribution in [2.24, 2.45) is 40.4 Å². The van der Waals surface area contributed by atoms with Crippen LogP contribution in [-0.4, -0.2) is 48.4 Å². The lowest BCUT2D eigenvalue weighted by atomic mass is 9.44. The number of nitrogens with zero attached hydrogens (tertiary/aromatic N) is 2. The summed E-state index contributed by atoms with van der Waals surface area (Å²) in [6, 6.07) is 11.1. The lowest BCUT2D eigenvalue weighted by molar-refractivity contribution is -0.117. The predicted octanol–water partition coefficient (Wildman–Crippen LogP) is 6.10. The Hall–Kier alpha value is -1.35. The molecule has 1 spiro atoms. The summed E-state index contributed by atoms with van der Waals surface area (Å²) in [4.78, 5) is 17.9. The van der Waals surface area contributed by atoms with Crippen LogP contribution in [0.2, 0.25) is 0 Å². The van der Waals surface area contributed by atoms with Crippen molar-refractivity contribution in [2.75, 3.05) is 20.6 Å². The zero-order chi connectivity index (χ0) is 23.0. The minimum Gasteiger partial charge on any atom is -0.339 e. The number of hydrogen-bond donors (Lipinski definition) is 0. The van der Waals surface area contributed by atoms with Gasteiger partial charge in [0.2, 0.25) is 0 Å². The third-order valence-corrected chi connectivity index (χ3v) is 12.1. The van der Waals surface area contributed by atoms with Gasteiger partial charge in [-0.25, -0.2) is 0 Å². The van der Waals surface area contributed by atoms with Crippen LogP contribution in [-0.2, 0) is 0 Å². The average molecular weight is 449 g/mol. The molecule has 5 aliphatic rings. The molecule has 4 saturated carbocycles. The van der Waals surface area contributed by atoms with Gasteiger partial charge >= 0.3 is 0 Å².